The molecule has 0 radical (unpaired) electrons. The highest BCUT2D eigenvalue weighted by Gasteiger charge is 2.71. The molecule has 0 amide bonds. The highest BCUT2D eigenvalue weighted by molar-refractivity contribution is 5.87. The molecule has 5 aliphatic rings. The Labute approximate surface area is 214 Å². The highest BCUT2D eigenvalue weighted by Crippen LogP contribution is 2.78. The standard InChI is InChI=1S/C32H52O3/c1-20-26(35-21(2)33)22(34)18-24-29(20,6)11-10-23-30(24,7)15-17-32(9)25-19-27(3,4)12-13-28(25,5)14-16-31(23,32)8/h20,23-26H,10-19H2,1-9H3/t20-,23-,24+,25+,26-,28+,29+,30+,31+,32-/m0/s1. The molecule has 3 heteroatoms. The van der Waals surface area contributed by atoms with Gasteiger partial charge in [-0.3, -0.25) is 9.59 Å². The third kappa shape index (κ3) is 3.34. The van der Waals surface area contributed by atoms with Gasteiger partial charge in [0.1, 0.15) is 0 Å². The van der Waals surface area contributed by atoms with Crippen molar-refractivity contribution in [1.82, 2.24) is 0 Å². The van der Waals surface area contributed by atoms with E-state index in [2.05, 4.69) is 55.4 Å². The minimum atomic E-state index is -0.557. The molecule has 0 saturated heterocycles. The zero-order valence-corrected chi connectivity index (χ0v) is 24.2. The minimum absolute atomic E-state index is 0.0549. The SMILES string of the molecule is CC(=O)O[C@@H]1C(=O)C[C@@H]2[C@](C)(CC[C@H]3[C@@]2(C)CC[C@@]2(C)[C@@H]4CC(C)(C)CC[C@]4(C)CC[C@]32C)[C@H]1C. The molecule has 5 aliphatic carbocycles. The lowest BCUT2D eigenvalue weighted by atomic mass is 9.30. The van der Waals surface area contributed by atoms with Crippen molar-refractivity contribution in [3.8, 4) is 0 Å². The van der Waals surface area contributed by atoms with Gasteiger partial charge in [-0.15, -0.1) is 0 Å². The summed E-state index contributed by atoms with van der Waals surface area (Å²) < 4.78 is 5.62. The van der Waals surface area contributed by atoms with Gasteiger partial charge in [-0.2, -0.15) is 0 Å². The van der Waals surface area contributed by atoms with E-state index in [9.17, 15) is 9.59 Å². The molecule has 0 aromatic heterocycles. The fourth-order valence-corrected chi connectivity index (χ4v) is 11.4. The molecule has 198 valence electrons. The molecule has 35 heavy (non-hydrogen) atoms. The van der Waals surface area contributed by atoms with Crippen LogP contribution in [-0.4, -0.2) is 17.9 Å². The predicted octanol–water partition coefficient (Wildman–Crippen LogP) is 8.00. The van der Waals surface area contributed by atoms with Crippen LogP contribution in [0.15, 0.2) is 0 Å². The largest absolute Gasteiger partial charge is 0.454 e. The van der Waals surface area contributed by atoms with E-state index in [-0.39, 0.29) is 28.5 Å². The third-order valence-electron chi connectivity index (χ3n) is 14.1. The van der Waals surface area contributed by atoms with E-state index in [1.165, 1.54) is 58.3 Å². The van der Waals surface area contributed by atoms with Crippen molar-refractivity contribution in [3.63, 3.8) is 0 Å². The lowest BCUT2D eigenvalue weighted by Gasteiger charge is -2.75. The summed E-state index contributed by atoms with van der Waals surface area (Å²) in [5.41, 5.74) is 1.89. The lowest BCUT2D eigenvalue weighted by molar-refractivity contribution is -0.260. The molecule has 0 aromatic carbocycles. The lowest BCUT2D eigenvalue weighted by Crippen LogP contribution is -2.68. The number of ether oxygens (including phenoxy) is 1. The van der Waals surface area contributed by atoms with E-state index in [4.69, 9.17) is 4.74 Å². The van der Waals surface area contributed by atoms with Gasteiger partial charge < -0.3 is 4.74 Å². The van der Waals surface area contributed by atoms with E-state index in [1.54, 1.807) is 0 Å². The van der Waals surface area contributed by atoms with Crippen LogP contribution in [0.5, 0.6) is 0 Å². The Morgan fingerprint density at radius 2 is 1.37 bits per heavy atom. The van der Waals surface area contributed by atoms with Gasteiger partial charge >= 0.3 is 5.97 Å². The van der Waals surface area contributed by atoms with Crippen molar-refractivity contribution in [2.45, 2.75) is 133 Å². The van der Waals surface area contributed by atoms with Crippen LogP contribution in [0.25, 0.3) is 0 Å². The van der Waals surface area contributed by atoms with Crippen LogP contribution in [0.3, 0.4) is 0 Å². The maximum Gasteiger partial charge on any atom is 0.303 e. The number of fused-ring (bicyclic) bond motifs is 7. The van der Waals surface area contributed by atoms with Crippen molar-refractivity contribution in [1.29, 1.82) is 0 Å². The Balaban J connectivity index is 1.51. The molecule has 0 bridgehead atoms. The number of esters is 1. The number of Topliss-reactive ketones (excluding diaryl/α,β-unsaturated/α-hetero) is 1. The summed E-state index contributed by atoms with van der Waals surface area (Å²) in [5.74, 6) is 1.80. The fourth-order valence-electron chi connectivity index (χ4n) is 11.4. The first-order chi connectivity index (χ1) is 16.0. The smallest absolute Gasteiger partial charge is 0.303 e. The molecule has 3 nitrogen and oxygen atoms in total. The van der Waals surface area contributed by atoms with E-state index < -0.39 is 6.10 Å². The summed E-state index contributed by atoms with van der Waals surface area (Å²) in [4.78, 5) is 25.2. The van der Waals surface area contributed by atoms with Gasteiger partial charge in [-0.05, 0) is 108 Å². The zero-order valence-electron chi connectivity index (χ0n) is 24.2. The van der Waals surface area contributed by atoms with Crippen LogP contribution >= 0.6 is 0 Å². The first kappa shape index (κ1) is 25.8. The number of carbonyl (C=O) groups is 2. The Kier molecular flexibility index (Phi) is 5.59. The zero-order chi connectivity index (χ0) is 25.8. The van der Waals surface area contributed by atoms with Gasteiger partial charge in [0, 0.05) is 19.3 Å². The van der Waals surface area contributed by atoms with Gasteiger partial charge in [0.2, 0.25) is 0 Å². The molecule has 0 unspecified atom stereocenters. The van der Waals surface area contributed by atoms with Crippen molar-refractivity contribution in [3.05, 3.63) is 0 Å². The van der Waals surface area contributed by atoms with Crippen molar-refractivity contribution in [2.24, 2.45) is 56.2 Å². The molecule has 0 spiro atoms. The first-order valence-corrected chi connectivity index (χ1v) is 14.7. The van der Waals surface area contributed by atoms with Gasteiger partial charge in [-0.1, -0.05) is 55.4 Å². The highest BCUT2D eigenvalue weighted by atomic mass is 16.5. The average molecular weight is 485 g/mol. The summed E-state index contributed by atoms with van der Waals surface area (Å²) >= 11 is 0. The average Bonchev–Trinajstić information content (AvgIpc) is 2.76. The van der Waals surface area contributed by atoms with Crippen LogP contribution < -0.4 is 0 Å². The topological polar surface area (TPSA) is 43.4 Å². The molecular weight excluding hydrogens is 432 g/mol. The van der Waals surface area contributed by atoms with Crippen molar-refractivity contribution < 1.29 is 14.3 Å². The molecule has 0 heterocycles. The van der Waals surface area contributed by atoms with Crippen LogP contribution in [0.4, 0.5) is 0 Å². The Morgan fingerprint density at radius 1 is 0.771 bits per heavy atom. The Bertz CT molecular complexity index is 922. The first-order valence-electron chi connectivity index (χ1n) is 14.7. The number of hydrogen-bond acceptors (Lipinski definition) is 3. The van der Waals surface area contributed by atoms with Gasteiger partial charge in [-0.25, -0.2) is 0 Å². The maximum absolute atomic E-state index is 13.4. The molecule has 5 fully saturated rings. The predicted molar refractivity (Wildman–Crippen MR) is 141 cm³/mol. The molecular formula is C32H52O3. The van der Waals surface area contributed by atoms with Crippen molar-refractivity contribution >= 4 is 11.8 Å². The molecule has 0 aromatic rings. The van der Waals surface area contributed by atoms with Gasteiger partial charge in [0.15, 0.2) is 11.9 Å². The number of rotatable bonds is 1. The second kappa shape index (κ2) is 7.59. The van der Waals surface area contributed by atoms with Crippen LogP contribution in [-0.2, 0) is 14.3 Å². The third-order valence-corrected chi connectivity index (χ3v) is 14.1. The number of carbonyl (C=O) groups excluding carboxylic acids is 2. The number of ketones is 1. The molecule has 5 rings (SSSR count). The second-order valence-corrected chi connectivity index (χ2v) is 16.1. The maximum atomic E-state index is 13.4. The van der Waals surface area contributed by atoms with Gasteiger partial charge in [0.05, 0.1) is 0 Å². The Hall–Kier alpha value is -0.860. The van der Waals surface area contributed by atoms with Crippen LogP contribution in [0.2, 0.25) is 0 Å². The second-order valence-electron chi connectivity index (χ2n) is 16.1. The molecule has 0 aliphatic heterocycles. The summed E-state index contributed by atoms with van der Waals surface area (Å²) in [6, 6.07) is 0. The monoisotopic (exact) mass is 484 g/mol. The summed E-state index contributed by atoms with van der Waals surface area (Å²) in [7, 11) is 0. The Morgan fingerprint density at radius 3 is 2.03 bits per heavy atom. The number of hydrogen-bond donors (Lipinski definition) is 0. The van der Waals surface area contributed by atoms with E-state index in [1.807, 2.05) is 0 Å². The van der Waals surface area contributed by atoms with E-state index >= 15 is 0 Å². The van der Waals surface area contributed by atoms with Crippen molar-refractivity contribution in [2.75, 3.05) is 0 Å². The summed E-state index contributed by atoms with van der Waals surface area (Å²) in [5, 5.41) is 0. The fraction of sp³-hybridized carbons (Fsp3) is 0.938. The minimum Gasteiger partial charge on any atom is -0.454 e. The summed E-state index contributed by atoms with van der Waals surface area (Å²) in [6.07, 6.45) is 11.9. The van der Waals surface area contributed by atoms with Gasteiger partial charge in [0.25, 0.3) is 0 Å². The molecule has 10 atom stereocenters. The van der Waals surface area contributed by atoms with Crippen LogP contribution in [0, 0.1) is 56.2 Å². The quantitative estimate of drug-likeness (QED) is 0.354. The van der Waals surface area contributed by atoms with E-state index in [0.717, 1.165) is 12.3 Å². The van der Waals surface area contributed by atoms with E-state index in [0.29, 0.717) is 39.9 Å². The summed E-state index contributed by atoms with van der Waals surface area (Å²) in [6.45, 7) is 21.6. The normalized spacial score (nSPS) is 55.1. The molecule has 5 saturated carbocycles. The molecule has 0 N–H and O–H groups in total. The van der Waals surface area contributed by atoms with Crippen LogP contribution in [0.1, 0.15) is 127 Å².